The van der Waals surface area contributed by atoms with Crippen molar-refractivity contribution in [2.24, 2.45) is 0 Å². The van der Waals surface area contributed by atoms with E-state index >= 15 is 0 Å². The van der Waals surface area contributed by atoms with E-state index in [0.717, 1.165) is 25.2 Å². The average Bonchev–Trinajstić information content (AvgIpc) is 2.79. The Balaban J connectivity index is 1.43. The van der Waals surface area contributed by atoms with Gasteiger partial charge in [-0.25, -0.2) is 0 Å². The van der Waals surface area contributed by atoms with Crippen LogP contribution >= 0.6 is 0 Å². The molecule has 1 heterocycles. The second-order valence-electron chi connectivity index (χ2n) is 8.46. The SMILES string of the molecule is CC1CN(C(=O)C=Cc2ccccc2)CCN1c1ccccc1C1CCCCC1. The molecule has 1 atom stereocenters. The number of hydrogen-bond donors (Lipinski definition) is 0. The van der Waals surface area contributed by atoms with E-state index in [9.17, 15) is 4.79 Å². The minimum Gasteiger partial charge on any atom is -0.365 e. The molecule has 4 rings (SSSR count). The summed E-state index contributed by atoms with van der Waals surface area (Å²) >= 11 is 0. The van der Waals surface area contributed by atoms with Crippen LogP contribution < -0.4 is 4.90 Å². The van der Waals surface area contributed by atoms with Crippen LogP contribution in [0.4, 0.5) is 5.69 Å². The van der Waals surface area contributed by atoms with Gasteiger partial charge in [-0.15, -0.1) is 0 Å². The van der Waals surface area contributed by atoms with Crippen LogP contribution in [0.25, 0.3) is 6.08 Å². The van der Waals surface area contributed by atoms with Gasteiger partial charge in [0.25, 0.3) is 0 Å². The molecule has 1 aliphatic carbocycles. The molecule has 1 unspecified atom stereocenters. The zero-order valence-corrected chi connectivity index (χ0v) is 17.5. The van der Waals surface area contributed by atoms with E-state index < -0.39 is 0 Å². The third-order valence-electron chi connectivity index (χ3n) is 6.45. The normalized spacial score (nSPS) is 20.9. The van der Waals surface area contributed by atoms with Crippen LogP contribution in [0.2, 0.25) is 0 Å². The van der Waals surface area contributed by atoms with Crippen LogP contribution in [0.1, 0.15) is 56.1 Å². The Bertz CT molecular complexity index is 839. The highest BCUT2D eigenvalue weighted by Crippen LogP contribution is 2.38. The summed E-state index contributed by atoms with van der Waals surface area (Å²) in [5.41, 5.74) is 3.97. The Labute approximate surface area is 175 Å². The fraction of sp³-hybridized carbons (Fsp3) is 0.423. The zero-order valence-electron chi connectivity index (χ0n) is 17.5. The summed E-state index contributed by atoms with van der Waals surface area (Å²) in [5, 5.41) is 0. The number of carbonyl (C=O) groups is 1. The van der Waals surface area contributed by atoms with Crippen LogP contribution in [-0.4, -0.2) is 36.5 Å². The molecule has 2 aromatic rings. The van der Waals surface area contributed by atoms with Crippen molar-refractivity contribution in [2.45, 2.75) is 51.0 Å². The lowest BCUT2D eigenvalue weighted by Gasteiger charge is -2.42. The standard InChI is InChI=1S/C26H32N2O/c1-21-20-27(26(29)17-16-22-10-4-2-5-11-22)18-19-28(21)25-15-9-8-14-24(25)23-12-6-3-7-13-23/h2,4-5,8-11,14-17,21,23H,3,6-7,12-13,18-20H2,1H3. The van der Waals surface area contributed by atoms with Crippen molar-refractivity contribution in [3.05, 3.63) is 71.8 Å². The van der Waals surface area contributed by atoms with Gasteiger partial charge in [-0.3, -0.25) is 4.79 Å². The van der Waals surface area contributed by atoms with E-state index in [4.69, 9.17) is 0 Å². The molecule has 0 spiro atoms. The van der Waals surface area contributed by atoms with E-state index in [1.165, 1.54) is 43.4 Å². The highest BCUT2D eigenvalue weighted by atomic mass is 16.2. The summed E-state index contributed by atoms with van der Waals surface area (Å²) in [5.74, 6) is 0.807. The lowest BCUT2D eigenvalue weighted by atomic mass is 9.83. The molecule has 0 aromatic heterocycles. The third kappa shape index (κ3) is 4.72. The Morgan fingerprint density at radius 3 is 2.41 bits per heavy atom. The number of piperazine rings is 1. The fourth-order valence-electron chi connectivity index (χ4n) is 4.86. The van der Waals surface area contributed by atoms with E-state index in [-0.39, 0.29) is 5.91 Å². The number of carbonyl (C=O) groups excluding carboxylic acids is 1. The number of benzene rings is 2. The van der Waals surface area contributed by atoms with Gasteiger partial charge in [-0.2, -0.15) is 0 Å². The molecule has 2 aliphatic rings. The topological polar surface area (TPSA) is 23.6 Å². The largest absolute Gasteiger partial charge is 0.365 e. The smallest absolute Gasteiger partial charge is 0.246 e. The maximum atomic E-state index is 12.7. The molecule has 0 N–H and O–H groups in total. The summed E-state index contributed by atoms with van der Waals surface area (Å²) < 4.78 is 0. The molecule has 1 saturated carbocycles. The second-order valence-corrected chi connectivity index (χ2v) is 8.46. The number of rotatable bonds is 4. The van der Waals surface area contributed by atoms with Gasteiger partial charge in [0.15, 0.2) is 0 Å². The van der Waals surface area contributed by atoms with E-state index in [1.54, 1.807) is 6.08 Å². The third-order valence-corrected chi connectivity index (χ3v) is 6.45. The minimum absolute atomic E-state index is 0.112. The van der Waals surface area contributed by atoms with E-state index in [1.807, 2.05) is 41.3 Å². The maximum absolute atomic E-state index is 12.7. The van der Waals surface area contributed by atoms with Crippen molar-refractivity contribution in [1.82, 2.24) is 4.90 Å². The Morgan fingerprint density at radius 2 is 1.66 bits per heavy atom. The Kier molecular flexibility index (Phi) is 6.33. The molecular formula is C26H32N2O. The summed E-state index contributed by atoms with van der Waals surface area (Å²) in [6, 6.07) is 19.3. The first-order valence-corrected chi connectivity index (χ1v) is 11.1. The van der Waals surface area contributed by atoms with Gasteiger partial charge in [0.1, 0.15) is 0 Å². The predicted octanol–water partition coefficient (Wildman–Crippen LogP) is 5.48. The molecule has 1 saturated heterocycles. The Hall–Kier alpha value is -2.55. The van der Waals surface area contributed by atoms with Crippen molar-refractivity contribution in [3.8, 4) is 0 Å². The van der Waals surface area contributed by atoms with Gasteiger partial charge >= 0.3 is 0 Å². The number of amides is 1. The van der Waals surface area contributed by atoms with Gasteiger partial charge in [-0.1, -0.05) is 67.8 Å². The van der Waals surface area contributed by atoms with Gasteiger partial charge in [-0.05, 0) is 49.0 Å². The Morgan fingerprint density at radius 1 is 0.931 bits per heavy atom. The minimum atomic E-state index is 0.112. The van der Waals surface area contributed by atoms with Gasteiger partial charge in [0.2, 0.25) is 5.91 Å². The van der Waals surface area contributed by atoms with Crippen LogP contribution in [-0.2, 0) is 4.79 Å². The number of hydrogen-bond acceptors (Lipinski definition) is 2. The monoisotopic (exact) mass is 388 g/mol. The number of nitrogens with zero attached hydrogens (tertiary/aromatic N) is 2. The molecule has 152 valence electrons. The lowest BCUT2D eigenvalue weighted by Crippen LogP contribution is -2.53. The van der Waals surface area contributed by atoms with Crippen LogP contribution in [0.3, 0.4) is 0 Å². The first-order chi connectivity index (χ1) is 14.2. The van der Waals surface area contributed by atoms with Crippen LogP contribution in [0.5, 0.6) is 0 Å². The van der Waals surface area contributed by atoms with Crippen molar-refractivity contribution in [1.29, 1.82) is 0 Å². The van der Waals surface area contributed by atoms with Crippen molar-refractivity contribution >= 4 is 17.7 Å². The molecule has 1 aliphatic heterocycles. The molecule has 29 heavy (non-hydrogen) atoms. The van der Waals surface area contributed by atoms with Crippen molar-refractivity contribution in [3.63, 3.8) is 0 Å². The molecule has 0 bridgehead atoms. The molecule has 2 aromatic carbocycles. The molecule has 1 amide bonds. The fourth-order valence-corrected chi connectivity index (χ4v) is 4.86. The first-order valence-electron chi connectivity index (χ1n) is 11.1. The second kappa shape index (κ2) is 9.30. The quantitative estimate of drug-likeness (QED) is 0.647. The summed E-state index contributed by atoms with van der Waals surface area (Å²) in [6.45, 7) is 4.70. The van der Waals surface area contributed by atoms with Gasteiger partial charge in [0.05, 0.1) is 0 Å². The molecule has 3 nitrogen and oxygen atoms in total. The summed E-state index contributed by atoms with van der Waals surface area (Å²) in [7, 11) is 0. The zero-order chi connectivity index (χ0) is 20.1. The highest BCUT2D eigenvalue weighted by Gasteiger charge is 2.28. The molecule has 3 heteroatoms. The molecule has 0 radical (unpaired) electrons. The first kappa shape index (κ1) is 19.8. The number of anilines is 1. The van der Waals surface area contributed by atoms with Crippen molar-refractivity contribution < 1.29 is 4.79 Å². The van der Waals surface area contributed by atoms with Crippen LogP contribution in [0.15, 0.2) is 60.7 Å². The highest BCUT2D eigenvalue weighted by molar-refractivity contribution is 5.92. The summed E-state index contributed by atoms with van der Waals surface area (Å²) in [4.78, 5) is 17.2. The maximum Gasteiger partial charge on any atom is 0.246 e. The van der Waals surface area contributed by atoms with Crippen LogP contribution in [0, 0.1) is 0 Å². The predicted molar refractivity (Wildman–Crippen MR) is 121 cm³/mol. The van der Waals surface area contributed by atoms with E-state index in [0.29, 0.717) is 12.0 Å². The van der Waals surface area contributed by atoms with Crippen molar-refractivity contribution in [2.75, 3.05) is 24.5 Å². The van der Waals surface area contributed by atoms with Gasteiger partial charge < -0.3 is 9.80 Å². The van der Waals surface area contributed by atoms with E-state index in [2.05, 4.69) is 36.1 Å². The number of para-hydroxylation sites is 1. The molecule has 2 fully saturated rings. The summed E-state index contributed by atoms with van der Waals surface area (Å²) in [6.07, 6.45) is 10.3. The molecular weight excluding hydrogens is 356 g/mol. The van der Waals surface area contributed by atoms with Gasteiger partial charge in [0, 0.05) is 37.4 Å². The average molecular weight is 389 g/mol. The lowest BCUT2D eigenvalue weighted by molar-refractivity contribution is -0.126.